The van der Waals surface area contributed by atoms with E-state index in [1.165, 1.54) is 14.2 Å². The number of methoxy groups -OCH3 is 2. The van der Waals surface area contributed by atoms with Gasteiger partial charge in [0.25, 0.3) is 0 Å². The Kier molecular flexibility index (Phi) is 9.40. The van der Waals surface area contributed by atoms with Crippen LogP contribution in [0.4, 0.5) is 5.69 Å². The van der Waals surface area contributed by atoms with Gasteiger partial charge in [-0.05, 0) is 67.6 Å². The van der Waals surface area contributed by atoms with Crippen molar-refractivity contribution < 1.29 is 19.0 Å². The molecular formula is C30H33Cl2N5O4. The summed E-state index contributed by atoms with van der Waals surface area (Å²) < 4.78 is 17.9. The van der Waals surface area contributed by atoms with Crippen molar-refractivity contribution in [3.05, 3.63) is 86.3 Å². The van der Waals surface area contributed by atoms with E-state index in [4.69, 9.17) is 42.5 Å². The molecule has 1 atom stereocenters. The maximum Gasteiger partial charge on any atom is 0.359 e. The fraction of sp³-hybridized carbons (Fsp3) is 0.333. The minimum Gasteiger partial charge on any atom is -0.479 e. The SMILES string of the molecule is CCOC(=O)c1nn(-c2cnc(OC)nc2OC)c(C(C)C)c1C(Nc1cc(Cl)ccc1C)c1ccc(Cl)cc1C. The summed E-state index contributed by atoms with van der Waals surface area (Å²) >= 11 is 12.8. The highest BCUT2D eigenvalue weighted by Crippen LogP contribution is 2.40. The van der Waals surface area contributed by atoms with Gasteiger partial charge in [-0.3, -0.25) is 0 Å². The van der Waals surface area contributed by atoms with Crippen molar-refractivity contribution in [3.63, 3.8) is 0 Å². The molecule has 1 unspecified atom stereocenters. The molecule has 0 amide bonds. The molecule has 0 aliphatic carbocycles. The molecule has 0 aliphatic heterocycles. The minimum atomic E-state index is -0.558. The molecule has 0 bridgehead atoms. The van der Waals surface area contributed by atoms with Crippen LogP contribution in [0.2, 0.25) is 10.0 Å². The lowest BCUT2D eigenvalue weighted by atomic mass is 9.89. The zero-order valence-electron chi connectivity index (χ0n) is 24.1. The second kappa shape index (κ2) is 12.8. The highest BCUT2D eigenvalue weighted by Gasteiger charge is 2.34. The number of rotatable bonds is 10. The summed E-state index contributed by atoms with van der Waals surface area (Å²) in [6.07, 6.45) is 1.55. The Bertz CT molecular complexity index is 1570. The number of halogens is 2. The first kappa shape index (κ1) is 30.1. The van der Waals surface area contributed by atoms with Crippen LogP contribution in [0, 0.1) is 13.8 Å². The fourth-order valence-electron chi connectivity index (χ4n) is 4.73. The van der Waals surface area contributed by atoms with Crippen molar-refractivity contribution in [2.75, 3.05) is 26.1 Å². The third-order valence-electron chi connectivity index (χ3n) is 6.62. The van der Waals surface area contributed by atoms with Crippen LogP contribution in [0.1, 0.15) is 71.2 Å². The van der Waals surface area contributed by atoms with Crippen LogP contribution in [0.3, 0.4) is 0 Å². The number of carbonyl (C=O) groups is 1. The number of aromatic nitrogens is 4. The number of benzene rings is 2. The van der Waals surface area contributed by atoms with E-state index in [9.17, 15) is 4.79 Å². The van der Waals surface area contributed by atoms with Gasteiger partial charge >= 0.3 is 12.0 Å². The van der Waals surface area contributed by atoms with Gasteiger partial charge in [0.15, 0.2) is 5.69 Å². The molecule has 0 fully saturated rings. The zero-order valence-corrected chi connectivity index (χ0v) is 25.6. The standard InChI is InChI=1S/C30H33Cl2N5O4/c1-8-41-29(38)26-24(27(16(2)3)37(36-26)23-15-33-30(40-7)35-28(23)39-6)25(21-12-11-19(31)13-18(21)5)34-22-14-20(32)10-9-17(22)4/h9-16,25,34H,8H2,1-7H3. The molecule has 2 aromatic heterocycles. The summed E-state index contributed by atoms with van der Waals surface area (Å²) in [6, 6.07) is 10.9. The first-order chi connectivity index (χ1) is 19.6. The van der Waals surface area contributed by atoms with Gasteiger partial charge in [-0.15, -0.1) is 0 Å². The zero-order chi connectivity index (χ0) is 29.8. The summed E-state index contributed by atoms with van der Waals surface area (Å²) in [7, 11) is 2.97. The average Bonchev–Trinajstić information content (AvgIpc) is 3.34. The van der Waals surface area contributed by atoms with Gasteiger partial charge in [0.2, 0.25) is 5.88 Å². The van der Waals surface area contributed by atoms with Gasteiger partial charge in [0, 0.05) is 21.3 Å². The first-order valence-corrected chi connectivity index (χ1v) is 13.9. The Labute approximate surface area is 249 Å². The van der Waals surface area contributed by atoms with Crippen molar-refractivity contribution in [1.29, 1.82) is 0 Å². The molecule has 2 aromatic carbocycles. The molecule has 2 heterocycles. The fourth-order valence-corrected chi connectivity index (χ4v) is 5.13. The van der Waals surface area contributed by atoms with E-state index in [1.807, 2.05) is 64.1 Å². The van der Waals surface area contributed by atoms with Crippen LogP contribution in [0.15, 0.2) is 42.6 Å². The first-order valence-electron chi connectivity index (χ1n) is 13.1. The van der Waals surface area contributed by atoms with Crippen molar-refractivity contribution >= 4 is 34.9 Å². The minimum absolute atomic E-state index is 0.107. The molecule has 0 saturated carbocycles. The molecule has 0 radical (unpaired) electrons. The van der Waals surface area contributed by atoms with Gasteiger partial charge in [-0.25, -0.2) is 14.5 Å². The van der Waals surface area contributed by atoms with Crippen LogP contribution in [-0.4, -0.2) is 46.5 Å². The number of hydrogen-bond acceptors (Lipinski definition) is 8. The highest BCUT2D eigenvalue weighted by atomic mass is 35.5. The average molecular weight is 599 g/mol. The monoisotopic (exact) mass is 597 g/mol. The van der Waals surface area contributed by atoms with Crippen LogP contribution in [0.25, 0.3) is 5.69 Å². The molecular weight excluding hydrogens is 565 g/mol. The number of aryl methyl sites for hydroxylation is 2. The van der Waals surface area contributed by atoms with Gasteiger partial charge in [0.05, 0.1) is 38.8 Å². The number of anilines is 1. The number of esters is 1. The second-order valence-electron chi connectivity index (χ2n) is 9.72. The van der Waals surface area contributed by atoms with E-state index in [0.717, 1.165) is 28.1 Å². The van der Waals surface area contributed by atoms with Gasteiger partial charge < -0.3 is 19.5 Å². The maximum atomic E-state index is 13.5. The maximum absolute atomic E-state index is 13.5. The number of ether oxygens (including phenoxy) is 3. The van der Waals surface area contributed by atoms with Crippen LogP contribution < -0.4 is 14.8 Å². The van der Waals surface area contributed by atoms with Crippen LogP contribution in [-0.2, 0) is 4.74 Å². The molecule has 41 heavy (non-hydrogen) atoms. The summed E-state index contributed by atoms with van der Waals surface area (Å²) in [4.78, 5) is 22.2. The van der Waals surface area contributed by atoms with E-state index in [1.54, 1.807) is 17.8 Å². The van der Waals surface area contributed by atoms with E-state index in [0.29, 0.717) is 21.3 Å². The van der Waals surface area contributed by atoms with Crippen molar-refractivity contribution in [2.24, 2.45) is 0 Å². The lowest BCUT2D eigenvalue weighted by Crippen LogP contribution is -2.20. The molecule has 4 aromatic rings. The molecule has 9 nitrogen and oxygen atoms in total. The Morgan fingerprint density at radius 1 is 1.02 bits per heavy atom. The summed E-state index contributed by atoms with van der Waals surface area (Å²) in [5, 5.41) is 9.65. The molecule has 216 valence electrons. The molecule has 0 spiro atoms. The van der Waals surface area contributed by atoms with E-state index < -0.39 is 12.0 Å². The number of hydrogen-bond donors (Lipinski definition) is 1. The lowest BCUT2D eigenvalue weighted by molar-refractivity contribution is 0.0517. The second-order valence-corrected chi connectivity index (χ2v) is 10.6. The van der Waals surface area contributed by atoms with Gasteiger partial charge in [-0.1, -0.05) is 49.2 Å². The third-order valence-corrected chi connectivity index (χ3v) is 7.09. The largest absolute Gasteiger partial charge is 0.479 e. The highest BCUT2D eigenvalue weighted by molar-refractivity contribution is 6.31. The summed E-state index contributed by atoms with van der Waals surface area (Å²) in [6.45, 7) is 9.96. The van der Waals surface area contributed by atoms with E-state index >= 15 is 0 Å². The van der Waals surface area contributed by atoms with E-state index in [2.05, 4.69) is 15.3 Å². The predicted molar refractivity (Wildman–Crippen MR) is 160 cm³/mol. The Hall–Kier alpha value is -3.82. The molecule has 11 heteroatoms. The Balaban J connectivity index is 2.08. The van der Waals surface area contributed by atoms with Crippen LogP contribution >= 0.6 is 23.2 Å². The normalized spacial score (nSPS) is 11.9. The molecule has 4 rings (SSSR count). The predicted octanol–water partition coefficient (Wildman–Crippen LogP) is 7.10. The topological polar surface area (TPSA) is 100 Å². The quantitative estimate of drug-likeness (QED) is 0.193. The van der Waals surface area contributed by atoms with Gasteiger partial charge in [0.1, 0.15) is 5.69 Å². The molecule has 0 aliphatic rings. The third kappa shape index (κ3) is 6.26. The van der Waals surface area contributed by atoms with Crippen molar-refractivity contribution in [3.8, 4) is 17.6 Å². The molecule has 1 N–H and O–H groups in total. The summed E-state index contributed by atoms with van der Waals surface area (Å²) in [5.41, 5.74) is 5.59. The van der Waals surface area contributed by atoms with Crippen molar-refractivity contribution in [2.45, 2.75) is 46.6 Å². The smallest absolute Gasteiger partial charge is 0.359 e. The van der Waals surface area contributed by atoms with Crippen molar-refractivity contribution in [1.82, 2.24) is 19.7 Å². The molecule has 0 saturated heterocycles. The number of carbonyl (C=O) groups excluding carboxylic acids is 1. The number of nitrogens with one attached hydrogen (secondary N) is 1. The number of nitrogens with zero attached hydrogens (tertiary/aromatic N) is 4. The Morgan fingerprint density at radius 2 is 1.73 bits per heavy atom. The van der Waals surface area contributed by atoms with Crippen LogP contribution in [0.5, 0.6) is 11.9 Å². The Morgan fingerprint density at radius 3 is 2.37 bits per heavy atom. The summed E-state index contributed by atoms with van der Waals surface area (Å²) in [5.74, 6) is -0.427. The van der Waals surface area contributed by atoms with E-state index in [-0.39, 0.29) is 30.1 Å². The lowest BCUT2D eigenvalue weighted by Gasteiger charge is -2.26. The van der Waals surface area contributed by atoms with Gasteiger partial charge in [-0.2, -0.15) is 10.1 Å².